The Balaban J connectivity index is 2.82. The quantitative estimate of drug-likeness (QED) is 0.823. The average molecular weight is 265 g/mol. The van der Waals surface area contributed by atoms with Crippen LogP contribution in [0.5, 0.6) is 0 Å². The van der Waals surface area contributed by atoms with E-state index in [1.165, 1.54) is 0 Å². The number of nitrogens with one attached hydrogen (secondary N) is 1. The second kappa shape index (κ2) is 6.96. The van der Waals surface area contributed by atoms with E-state index in [2.05, 4.69) is 29.1 Å². The molecule has 0 unspecified atom stereocenters. The average Bonchev–Trinajstić information content (AvgIpc) is 2.27. The predicted molar refractivity (Wildman–Crippen MR) is 78.0 cm³/mol. The molecule has 0 saturated heterocycles. The van der Waals surface area contributed by atoms with Crippen LogP contribution >= 0.6 is 0 Å². The summed E-state index contributed by atoms with van der Waals surface area (Å²) in [5, 5.41) is 3.41. The Bertz CT molecular complexity index is 402. The zero-order valence-corrected chi connectivity index (χ0v) is 13.1. The van der Waals surface area contributed by atoms with E-state index in [-0.39, 0.29) is 0 Å². The molecule has 0 atom stereocenters. The minimum Gasteiger partial charge on any atom is -0.368 e. The van der Waals surface area contributed by atoms with Crippen LogP contribution in [0, 0.1) is 12.8 Å². The maximum Gasteiger partial charge on any atom is 0.160 e. The van der Waals surface area contributed by atoms with E-state index in [0.29, 0.717) is 12.5 Å². The van der Waals surface area contributed by atoms with Gasteiger partial charge in [-0.25, -0.2) is 9.97 Å². The Morgan fingerprint density at radius 1 is 1.32 bits per heavy atom. The summed E-state index contributed by atoms with van der Waals surface area (Å²) in [5.41, 5.74) is 1.57. The first kappa shape index (κ1) is 16.1. The molecule has 1 rings (SSSR count). The third-order valence-corrected chi connectivity index (χ3v) is 2.81. The largest absolute Gasteiger partial charge is 0.368 e. The van der Waals surface area contributed by atoms with E-state index in [9.17, 15) is 0 Å². The number of hydrogen-bond acceptors (Lipinski definition) is 4. The lowest BCUT2D eigenvalue weighted by molar-refractivity contribution is -0.0211. The van der Waals surface area contributed by atoms with Crippen molar-refractivity contribution in [1.82, 2.24) is 15.3 Å². The molecule has 1 aromatic heterocycles. The van der Waals surface area contributed by atoms with Crippen molar-refractivity contribution in [2.45, 2.75) is 53.7 Å². The van der Waals surface area contributed by atoms with Crippen LogP contribution in [0.4, 0.5) is 0 Å². The van der Waals surface area contributed by atoms with Crippen LogP contribution in [0.3, 0.4) is 0 Å². The molecule has 0 amide bonds. The van der Waals surface area contributed by atoms with Crippen molar-refractivity contribution in [3.8, 4) is 0 Å². The minimum atomic E-state index is -0.437. The highest BCUT2D eigenvalue weighted by Crippen LogP contribution is 2.21. The lowest BCUT2D eigenvalue weighted by atomic mass is 10.1. The van der Waals surface area contributed by atoms with Crippen LogP contribution < -0.4 is 5.32 Å². The van der Waals surface area contributed by atoms with Gasteiger partial charge in [0.1, 0.15) is 5.60 Å². The topological polar surface area (TPSA) is 47.0 Å². The molecule has 1 aromatic rings. The zero-order chi connectivity index (χ0) is 14.5. The van der Waals surface area contributed by atoms with Gasteiger partial charge in [-0.1, -0.05) is 13.8 Å². The summed E-state index contributed by atoms with van der Waals surface area (Å²) in [6, 6.07) is 2.03. The highest BCUT2D eigenvalue weighted by molar-refractivity contribution is 5.13. The fraction of sp³-hybridized carbons (Fsp3) is 0.733. The molecule has 0 saturated carbocycles. The molecule has 1 N–H and O–H groups in total. The van der Waals surface area contributed by atoms with Gasteiger partial charge in [-0.15, -0.1) is 0 Å². The van der Waals surface area contributed by atoms with Crippen LogP contribution in [0.1, 0.15) is 51.8 Å². The summed E-state index contributed by atoms with van der Waals surface area (Å²) < 4.78 is 5.72. The Morgan fingerprint density at radius 2 is 2.00 bits per heavy atom. The Morgan fingerprint density at radius 3 is 2.58 bits per heavy atom. The molecule has 108 valence electrons. The van der Waals surface area contributed by atoms with Crippen molar-refractivity contribution in [2.24, 2.45) is 5.92 Å². The molecule has 0 bridgehead atoms. The van der Waals surface area contributed by atoms with Crippen LogP contribution in [0.2, 0.25) is 0 Å². The third kappa shape index (κ3) is 5.25. The third-order valence-electron chi connectivity index (χ3n) is 2.81. The van der Waals surface area contributed by atoms with Crippen molar-refractivity contribution >= 4 is 0 Å². The number of ether oxygens (including phenoxy) is 1. The second-order valence-electron chi connectivity index (χ2n) is 5.79. The van der Waals surface area contributed by atoms with Crippen molar-refractivity contribution in [3.05, 3.63) is 23.3 Å². The van der Waals surface area contributed by atoms with Gasteiger partial charge in [-0.3, -0.25) is 0 Å². The lowest BCUT2D eigenvalue weighted by Gasteiger charge is -2.23. The molecular formula is C15H27N3O. The molecule has 0 aromatic carbocycles. The molecule has 0 radical (unpaired) electrons. The van der Waals surface area contributed by atoms with Gasteiger partial charge in [0.05, 0.1) is 5.69 Å². The van der Waals surface area contributed by atoms with Crippen molar-refractivity contribution < 1.29 is 4.74 Å². The van der Waals surface area contributed by atoms with Crippen molar-refractivity contribution in [1.29, 1.82) is 0 Å². The van der Waals surface area contributed by atoms with Crippen molar-refractivity contribution in [3.63, 3.8) is 0 Å². The van der Waals surface area contributed by atoms with Gasteiger partial charge < -0.3 is 10.1 Å². The number of aromatic nitrogens is 2. The highest BCUT2D eigenvalue weighted by atomic mass is 16.5. The van der Waals surface area contributed by atoms with Crippen LogP contribution in [-0.2, 0) is 16.9 Å². The Kier molecular flexibility index (Phi) is 5.88. The van der Waals surface area contributed by atoms with Crippen molar-refractivity contribution in [2.75, 3.05) is 13.2 Å². The monoisotopic (exact) mass is 265 g/mol. The standard InChI is InChI=1S/C15H27N3O/c1-7-19-15(5,6)14-17-12(4)8-13(18-14)10-16-9-11(2)3/h8,11,16H,7,9-10H2,1-6H3. The summed E-state index contributed by atoms with van der Waals surface area (Å²) in [6.07, 6.45) is 0. The summed E-state index contributed by atoms with van der Waals surface area (Å²) in [4.78, 5) is 9.13. The van der Waals surface area contributed by atoms with E-state index >= 15 is 0 Å². The van der Waals surface area contributed by atoms with Crippen LogP contribution in [0.25, 0.3) is 0 Å². The van der Waals surface area contributed by atoms with Gasteiger partial charge in [0.25, 0.3) is 0 Å². The van der Waals surface area contributed by atoms with E-state index < -0.39 is 5.60 Å². The predicted octanol–water partition coefficient (Wildman–Crippen LogP) is 2.80. The molecule has 4 heteroatoms. The minimum absolute atomic E-state index is 0.437. The highest BCUT2D eigenvalue weighted by Gasteiger charge is 2.24. The number of aryl methyl sites for hydroxylation is 1. The second-order valence-corrected chi connectivity index (χ2v) is 5.79. The van der Waals surface area contributed by atoms with E-state index in [4.69, 9.17) is 4.74 Å². The fourth-order valence-corrected chi connectivity index (χ4v) is 1.91. The number of hydrogen-bond donors (Lipinski definition) is 1. The fourth-order valence-electron chi connectivity index (χ4n) is 1.91. The molecule has 19 heavy (non-hydrogen) atoms. The van der Waals surface area contributed by atoms with E-state index in [1.807, 2.05) is 33.8 Å². The Hall–Kier alpha value is -1.00. The normalized spacial score (nSPS) is 12.2. The first-order valence-corrected chi connectivity index (χ1v) is 7.05. The molecule has 0 aliphatic heterocycles. The van der Waals surface area contributed by atoms with Gasteiger partial charge in [0, 0.05) is 18.8 Å². The molecule has 1 heterocycles. The van der Waals surface area contributed by atoms with Gasteiger partial charge in [0.15, 0.2) is 5.82 Å². The van der Waals surface area contributed by atoms with E-state index in [1.54, 1.807) is 0 Å². The number of nitrogens with zero attached hydrogens (tertiary/aromatic N) is 2. The summed E-state index contributed by atoms with van der Waals surface area (Å²) in [6.45, 7) is 14.8. The molecule has 4 nitrogen and oxygen atoms in total. The SMILES string of the molecule is CCOC(C)(C)c1nc(C)cc(CNCC(C)C)n1. The molecule has 0 aliphatic rings. The van der Waals surface area contributed by atoms with Crippen LogP contribution in [-0.4, -0.2) is 23.1 Å². The van der Waals surface area contributed by atoms with Gasteiger partial charge in [-0.05, 0) is 46.2 Å². The summed E-state index contributed by atoms with van der Waals surface area (Å²) in [7, 11) is 0. The van der Waals surface area contributed by atoms with Gasteiger partial charge >= 0.3 is 0 Å². The first-order chi connectivity index (χ1) is 8.85. The van der Waals surface area contributed by atoms with Gasteiger partial charge in [-0.2, -0.15) is 0 Å². The van der Waals surface area contributed by atoms with Crippen LogP contribution in [0.15, 0.2) is 6.07 Å². The number of rotatable bonds is 7. The van der Waals surface area contributed by atoms with Gasteiger partial charge in [0.2, 0.25) is 0 Å². The maximum atomic E-state index is 5.72. The zero-order valence-electron chi connectivity index (χ0n) is 13.1. The maximum absolute atomic E-state index is 5.72. The molecule has 0 aliphatic carbocycles. The summed E-state index contributed by atoms with van der Waals surface area (Å²) in [5.74, 6) is 1.40. The molecule has 0 spiro atoms. The lowest BCUT2D eigenvalue weighted by Crippen LogP contribution is -2.27. The molecule has 0 fully saturated rings. The summed E-state index contributed by atoms with van der Waals surface area (Å²) >= 11 is 0. The Labute approximate surface area is 117 Å². The smallest absolute Gasteiger partial charge is 0.160 e. The van der Waals surface area contributed by atoms with E-state index in [0.717, 1.165) is 30.3 Å². The molecular weight excluding hydrogens is 238 g/mol. The first-order valence-electron chi connectivity index (χ1n) is 7.05.